The zero-order valence-electron chi connectivity index (χ0n) is 17.1. The van der Waals surface area contributed by atoms with Crippen LogP contribution in [0.15, 0.2) is 41.5 Å². The van der Waals surface area contributed by atoms with Crippen LogP contribution < -0.4 is 10.6 Å². The van der Waals surface area contributed by atoms with Crippen LogP contribution in [0.25, 0.3) is 0 Å². The monoisotopic (exact) mass is 444 g/mol. The van der Waals surface area contributed by atoms with E-state index in [9.17, 15) is 9.18 Å². The van der Waals surface area contributed by atoms with Gasteiger partial charge in [-0.1, -0.05) is 17.7 Å². The molecule has 4 rings (SSSR count). The van der Waals surface area contributed by atoms with Crippen LogP contribution in [0, 0.1) is 5.82 Å². The molecule has 1 aliphatic heterocycles. The average molecular weight is 445 g/mol. The number of carbonyl (C=O) groups is 1. The fourth-order valence-electron chi connectivity index (χ4n) is 3.40. The minimum absolute atomic E-state index is 0.00659. The topological polar surface area (TPSA) is 96.2 Å². The SMILES string of the molecule is CC(C)Nc1ncc2c(n1)CN(C(=O)N[C@H](c1ccc(Cl)c(F)c1)c1cocn1)CC2. The molecule has 2 amide bonds. The first-order valence-electron chi connectivity index (χ1n) is 9.90. The molecule has 0 saturated heterocycles. The van der Waals surface area contributed by atoms with Gasteiger partial charge in [0.2, 0.25) is 5.95 Å². The lowest BCUT2D eigenvalue weighted by molar-refractivity contribution is 0.188. The van der Waals surface area contributed by atoms with E-state index in [1.54, 1.807) is 17.2 Å². The van der Waals surface area contributed by atoms with Gasteiger partial charge in [-0.2, -0.15) is 0 Å². The number of anilines is 1. The van der Waals surface area contributed by atoms with Gasteiger partial charge in [-0.3, -0.25) is 0 Å². The van der Waals surface area contributed by atoms with Gasteiger partial charge in [-0.05, 0) is 43.5 Å². The highest BCUT2D eigenvalue weighted by Crippen LogP contribution is 2.26. The Kier molecular flexibility index (Phi) is 6.03. The van der Waals surface area contributed by atoms with Gasteiger partial charge in [-0.15, -0.1) is 0 Å². The number of nitrogens with zero attached hydrogens (tertiary/aromatic N) is 4. The molecular weight excluding hydrogens is 423 g/mol. The highest BCUT2D eigenvalue weighted by molar-refractivity contribution is 6.30. The quantitative estimate of drug-likeness (QED) is 0.619. The molecule has 2 aromatic heterocycles. The van der Waals surface area contributed by atoms with Gasteiger partial charge in [0, 0.05) is 18.8 Å². The van der Waals surface area contributed by atoms with Crippen molar-refractivity contribution in [3.05, 3.63) is 70.4 Å². The Morgan fingerprint density at radius 1 is 1.32 bits per heavy atom. The second-order valence-electron chi connectivity index (χ2n) is 7.61. The van der Waals surface area contributed by atoms with Crippen molar-refractivity contribution in [2.75, 3.05) is 11.9 Å². The van der Waals surface area contributed by atoms with Crippen molar-refractivity contribution in [1.82, 2.24) is 25.2 Å². The summed E-state index contributed by atoms with van der Waals surface area (Å²) in [5.74, 6) is -0.0381. The number of aromatic nitrogens is 3. The van der Waals surface area contributed by atoms with E-state index in [2.05, 4.69) is 25.6 Å². The molecule has 2 N–H and O–H groups in total. The van der Waals surface area contributed by atoms with E-state index in [1.165, 1.54) is 24.8 Å². The Balaban J connectivity index is 1.53. The van der Waals surface area contributed by atoms with Crippen LogP contribution in [-0.4, -0.2) is 38.5 Å². The summed E-state index contributed by atoms with van der Waals surface area (Å²) in [6.45, 7) is 4.87. The van der Waals surface area contributed by atoms with E-state index < -0.39 is 11.9 Å². The maximum Gasteiger partial charge on any atom is 0.318 e. The summed E-state index contributed by atoms with van der Waals surface area (Å²) in [5.41, 5.74) is 2.78. The van der Waals surface area contributed by atoms with Crippen molar-refractivity contribution in [3.8, 4) is 0 Å². The Hall–Kier alpha value is -3.20. The first-order chi connectivity index (χ1) is 14.9. The Bertz CT molecular complexity index is 1080. The molecule has 0 unspecified atom stereocenters. The average Bonchev–Trinajstić information content (AvgIpc) is 3.27. The molecule has 162 valence electrons. The van der Waals surface area contributed by atoms with Gasteiger partial charge < -0.3 is 20.0 Å². The van der Waals surface area contributed by atoms with Crippen molar-refractivity contribution in [2.24, 2.45) is 0 Å². The molecule has 0 spiro atoms. The highest BCUT2D eigenvalue weighted by Gasteiger charge is 2.27. The van der Waals surface area contributed by atoms with Gasteiger partial charge in [-0.25, -0.2) is 24.1 Å². The van der Waals surface area contributed by atoms with E-state index in [-0.39, 0.29) is 17.1 Å². The number of oxazole rings is 1. The lowest BCUT2D eigenvalue weighted by Crippen LogP contribution is -2.44. The number of nitrogens with one attached hydrogen (secondary N) is 2. The third kappa shape index (κ3) is 4.77. The fraction of sp³-hybridized carbons (Fsp3) is 0.333. The largest absolute Gasteiger partial charge is 0.451 e. The number of hydrogen-bond acceptors (Lipinski definition) is 6. The van der Waals surface area contributed by atoms with Crippen LogP contribution in [0.2, 0.25) is 5.02 Å². The van der Waals surface area contributed by atoms with Gasteiger partial charge in [0.1, 0.15) is 23.8 Å². The summed E-state index contributed by atoms with van der Waals surface area (Å²) in [6, 6.07) is 3.57. The highest BCUT2D eigenvalue weighted by atomic mass is 35.5. The van der Waals surface area contributed by atoms with Crippen LogP contribution in [0.4, 0.5) is 15.1 Å². The van der Waals surface area contributed by atoms with Gasteiger partial charge >= 0.3 is 6.03 Å². The molecule has 31 heavy (non-hydrogen) atoms. The summed E-state index contributed by atoms with van der Waals surface area (Å²) < 4.78 is 19.1. The van der Waals surface area contributed by atoms with Crippen molar-refractivity contribution in [2.45, 2.75) is 38.9 Å². The minimum Gasteiger partial charge on any atom is -0.451 e. The van der Waals surface area contributed by atoms with Gasteiger partial charge in [0.05, 0.1) is 17.3 Å². The van der Waals surface area contributed by atoms with Crippen LogP contribution in [0.5, 0.6) is 0 Å². The summed E-state index contributed by atoms with van der Waals surface area (Å²) >= 11 is 5.81. The standard InChI is InChI=1S/C21H22ClFN6O2/c1-12(2)26-20-24-8-14-5-6-29(9-17(14)27-20)21(30)28-19(18-10-31-11-25-18)13-3-4-15(22)16(23)7-13/h3-4,7-8,10-12,19H,5-6,9H2,1-2H3,(H,28,30)(H,24,26,27)/t19-/m1/s1. The summed E-state index contributed by atoms with van der Waals surface area (Å²) in [4.78, 5) is 27.8. The van der Waals surface area contributed by atoms with Crippen LogP contribution in [0.1, 0.15) is 42.4 Å². The molecule has 0 bridgehead atoms. The molecule has 1 aromatic carbocycles. The molecule has 3 heterocycles. The Labute approximate surface area is 183 Å². The molecular formula is C21H22ClFN6O2. The van der Waals surface area contributed by atoms with E-state index >= 15 is 0 Å². The van der Waals surface area contributed by atoms with Crippen LogP contribution in [0.3, 0.4) is 0 Å². The molecule has 8 nitrogen and oxygen atoms in total. The molecule has 0 fully saturated rings. The number of amides is 2. The molecule has 10 heteroatoms. The van der Waals surface area contributed by atoms with Crippen LogP contribution >= 0.6 is 11.6 Å². The number of hydrogen-bond donors (Lipinski definition) is 2. The molecule has 3 aromatic rings. The maximum atomic E-state index is 14.0. The Morgan fingerprint density at radius 3 is 2.87 bits per heavy atom. The van der Waals surface area contributed by atoms with Crippen molar-refractivity contribution in [3.63, 3.8) is 0 Å². The second-order valence-corrected chi connectivity index (χ2v) is 8.01. The number of benzene rings is 1. The summed E-state index contributed by atoms with van der Waals surface area (Å²) in [7, 11) is 0. The number of halogens is 2. The van der Waals surface area contributed by atoms with Gasteiger partial charge in [0.15, 0.2) is 6.39 Å². The van der Waals surface area contributed by atoms with Gasteiger partial charge in [0.25, 0.3) is 0 Å². The molecule has 1 aliphatic rings. The zero-order valence-corrected chi connectivity index (χ0v) is 17.9. The summed E-state index contributed by atoms with van der Waals surface area (Å²) in [6.07, 6.45) is 5.13. The molecule has 0 aliphatic carbocycles. The normalized spacial score (nSPS) is 14.3. The van der Waals surface area contributed by atoms with E-state index in [4.69, 9.17) is 16.0 Å². The Morgan fingerprint density at radius 2 is 2.16 bits per heavy atom. The first kappa shape index (κ1) is 21.0. The van der Waals surface area contributed by atoms with Crippen molar-refractivity contribution < 1.29 is 13.6 Å². The molecule has 0 saturated carbocycles. The fourth-order valence-corrected chi connectivity index (χ4v) is 3.52. The van der Waals surface area contributed by atoms with Crippen LogP contribution in [-0.2, 0) is 13.0 Å². The number of urea groups is 1. The third-order valence-electron chi connectivity index (χ3n) is 4.94. The molecule has 1 atom stereocenters. The minimum atomic E-state index is -0.692. The number of carbonyl (C=O) groups excluding carboxylic acids is 1. The predicted molar refractivity (Wildman–Crippen MR) is 113 cm³/mol. The van der Waals surface area contributed by atoms with Crippen molar-refractivity contribution in [1.29, 1.82) is 0 Å². The lowest BCUT2D eigenvalue weighted by atomic mass is 10.0. The smallest absolute Gasteiger partial charge is 0.318 e. The number of rotatable bonds is 5. The van der Waals surface area contributed by atoms with Crippen molar-refractivity contribution >= 4 is 23.6 Å². The lowest BCUT2D eigenvalue weighted by Gasteiger charge is -2.30. The van der Waals surface area contributed by atoms with E-state index in [1.807, 2.05) is 13.8 Å². The van der Waals surface area contributed by atoms with E-state index in [0.29, 0.717) is 36.7 Å². The molecule has 0 radical (unpaired) electrons. The van der Waals surface area contributed by atoms with E-state index in [0.717, 1.165) is 11.3 Å². The first-order valence-corrected chi connectivity index (χ1v) is 10.3. The predicted octanol–water partition coefficient (Wildman–Crippen LogP) is 3.93. The second kappa shape index (κ2) is 8.89. The number of fused-ring (bicyclic) bond motifs is 1. The summed E-state index contributed by atoms with van der Waals surface area (Å²) in [5, 5.41) is 6.11. The maximum absolute atomic E-state index is 14.0. The zero-order chi connectivity index (χ0) is 22.0. The third-order valence-corrected chi connectivity index (χ3v) is 5.25.